The molecule has 0 aromatic carbocycles. The molecule has 23 heavy (non-hydrogen) atoms. The first-order valence-corrected chi connectivity index (χ1v) is 8.81. The second kappa shape index (κ2) is 8.88. The van der Waals surface area contributed by atoms with Crippen LogP contribution in [0.3, 0.4) is 0 Å². The SMILES string of the molecule is CC1CC(NC(=NCC(=O)N(C)C)NCc2cccs2)CCO1. The zero-order valence-corrected chi connectivity index (χ0v) is 14.9. The molecule has 0 aliphatic carbocycles. The number of hydrogen-bond donors (Lipinski definition) is 2. The Morgan fingerprint density at radius 1 is 1.52 bits per heavy atom. The molecule has 1 saturated heterocycles. The summed E-state index contributed by atoms with van der Waals surface area (Å²) in [6, 6.07) is 4.43. The van der Waals surface area contributed by atoms with E-state index < -0.39 is 0 Å². The molecule has 1 aromatic heterocycles. The lowest BCUT2D eigenvalue weighted by molar-refractivity contribution is -0.127. The number of amides is 1. The van der Waals surface area contributed by atoms with Gasteiger partial charge in [0.15, 0.2) is 5.96 Å². The van der Waals surface area contributed by atoms with Gasteiger partial charge in [0, 0.05) is 31.6 Å². The average molecular weight is 338 g/mol. The second-order valence-electron chi connectivity index (χ2n) is 5.93. The summed E-state index contributed by atoms with van der Waals surface area (Å²) in [5, 5.41) is 8.80. The monoisotopic (exact) mass is 338 g/mol. The Labute approximate surface area is 141 Å². The van der Waals surface area contributed by atoms with E-state index in [1.165, 1.54) is 4.88 Å². The number of carbonyl (C=O) groups excluding carboxylic acids is 1. The Morgan fingerprint density at radius 3 is 3.00 bits per heavy atom. The fourth-order valence-electron chi connectivity index (χ4n) is 2.35. The summed E-state index contributed by atoms with van der Waals surface area (Å²) < 4.78 is 5.58. The van der Waals surface area contributed by atoms with Gasteiger partial charge in [-0.1, -0.05) is 6.07 Å². The van der Waals surface area contributed by atoms with Crippen LogP contribution in [0, 0.1) is 0 Å². The number of nitrogens with zero attached hydrogens (tertiary/aromatic N) is 2. The van der Waals surface area contributed by atoms with E-state index in [2.05, 4.69) is 34.0 Å². The van der Waals surface area contributed by atoms with E-state index in [1.54, 1.807) is 30.3 Å². The summed E-state index contributed by atoms with van der Waals surface area (Å²) >= 11 is 1.70. The van der Waals surface area contributed by atoms with Gasteiger partial charge in [-0.15, -0.1) is 11.3 Å². The fraction of sp³-hybridized carbons (Fsp3) is 0.625. The molecule has 1 aliphatic rings. The first-order valence-electron chi connectivity index (χ1n) is 7.93. The van der Waals surface area contributed by atoms with Gasteiger partial charge in [-0.05, 0) is 31.2 Å². The minimum Gasteiger partial charge on any atom is -0.378 e. The van der Waals surface area contributed by atoms with Gasteiger partial charge >= 0.3 is 0 Å². The predicted octanol–water partition coefficient (Wildman–Crippen LogP) is 1.44. The van der Waals surface area contributed by atoms with Gasteiger partial charge < -0.3 is 20.3 Å². The summed E-state index contributed by atoms with van der Waals surface area (Å²) in [6.07, 6.45) is 2.15. The number of aliphatic imine (C=N–C) groups is 1. The highest BCUT2D eigenvalue weighted by atomic mass is 32.1. The molecule has 6 nitrogen and oxygen atoms in total. The van der Waals surface area contributed by atoms with Crippen molar-refractivity contribution in [2.24, 2.45) is 4.99 Å². The molecule has 1 amide bonds. The molecule has 0 spiro atoms. The minimum atomic E-state index is -0.0115. The Morgan fingerprint density at radius 2 is 2.35 bits per heavy atom. The number of likely N-dealkylation sites (N-methyl/N-ethyl adjacent to an activating group) is 1. The zero-order valence-electron chi connectivity index (χ0n) is 14.0. The molecule has 0 radical (unpaired) electrons. The maximum absolute atomic E-state index is 11.8. The van der Waals surface area contributed by atoms with Crippen LogP contribution in [0.1, 0.15) is 24.6 Å². The highest BCUT2D eigenvalue weighted by Gasteiger charge is 2.20. The third-order valence-electron chi connectivity index (χ3n) is 3.71. The van der Waals surface area contributed by atoms with Crippen molar-refractivity contribution < 1.29 is 9.53 Å². The molecule has 1 aliphatic heterocycles. The quantitative estimate of drug-likeness (QED) is 0.630. The van der Waals surface area contributed by atoms with E-state index in [9.17, 15) is 4.79 Å². The molecule has 2 unspecified atom stereocenters. The molecule has 0 saturated carbocycles. The summed E-state index contributed by atoms with van der Waals surface area (Å²) in [7, 11) is 3.48. The average Bonchev–Trinajstić information content (AvgIpc) is 3.03. The largest absolute Gasteiger partial charge is 0.378 e. The van der Waals surface area contributed by atoms with Gasteiger partial charge in [-0.2, -0.15) is 0 Å². The number of carbonyl (C=O) groups is 1. The molecular formula is C16H26N4O2S. The lowest BCUT2D eigenvalue weighted by atomic mass is 10.0. The van der Waals surface area contributed by atoms with Crippen molar-refractivity contribution in [1.82, 2.24) is 15.5 Å². The second-order valence-corrected chi connectivity index (χ2v) is 6.97. The van der Waals surface area contributed by atoms with Gasteiger partial charge in [0.2, 0.25) is 5.91 Å². The van der Waals surface area contributed by atoms with Crippen molar-refractivity contribution in [3.05, 3.63) is 22.4 Å². The van der Waals surface area contributed by atoms with E-state index in [0.717, 1.165) is 19.4 Å². The van der Waals surface area contributed by atoms with Crippen molar-refractivity contribution in [2.75, 3.05) is 27.2 Å². The first-order chi connectivity index (χ1) is 11.0. The van der Waals surface area contributed by atoms with Crippen LogP contribution in [0.4, 0.5) is 0 Å². The van der Waals surface area contributed by atoms with Gasteiger partial charge in [0.05, 0.1) is 12.6 Å². The number of guanidine groups is 1. The van der Waals surface area contributed by atoms with Crippen LogP contribution in [-0.4, -0.2) is 56.2 Å². The Kier molecular flexibility index (Phi) is 6.85. The minimum absolute atomic E-state index is 0.0115. The van der Waals surface area contributed by atoms with Crippen molar-refractivity contribution in [1.29, 1.82) is 0 Å². The Hall–Kier alpha value is -1.60. The summed E-state index contributed by atoms with van der Waals surface area (Å²) in [5.41, 5.74) is 0. The molecule has 2 heterocycles. The van der Waals surface area contributed by atoms with Crippen LogP contribution in [0.15, 0.2) is 22.5 Å². The van der Waals surface area contributed by atoms with Crippen LogP contribution in [0.2, 0.25) is 0 Å². The van der Waals surface area contributed by atoms with Gasteiger partial charge in [0.1, 0.15) is 6.54 Å². The van der Waals surface area contributed by atoms with E-state index in [0.29, 0.717) is 18.5 Å². The number of rotatable bonds is 5. The lowest BCUT2D eigenvalue weighted by Crippen LogP contribution is -2.47. The lowest BCUT2D eigenvalue weighted by Gasteiger charge is -2.29. The fourth-order valence-corrected chi connectivity index (χ4v) is 2.99. The number of thiophene rings is 1. The van der Waals surface area contributed by atoms with Crippen LogP contribution < -0.4 is 10.6 Å². The number of hydrogen-bond acceptors (Lipinski definition) is 4. The van der Waals surface area contributed by atoms with E-state index in [4.69, 9.17) is 4.74 Å². The Bertz CT molecular complexity index is 516. The van der Waals surface area contributed by atoms with Crippen molar-refractivity contribution in [2.45, 2.75) is 38.5 Å². The van der Waals surface area contributed by atoms with Crippen molar-refractivity contribution in [3.8, 4) is 0 Å². The van der Waals surface area contributed by atoms with E-state index in [1.807, 2.05) is 6.07 Å². The van der Waals surface area contributed by atoms with Crippen molar-refractivity contribution in [3.63, 3.8) is 0 Å². The topological polar surface area (TPSA) is 66.0 Å². The van der Waals surface area contributed by atoms with Gasteiger partial charge in [-0.3, -0.25) is 4.79 Å². The molecular weight excluding hydrogens is 312 g/mol. The van der Waals surface area contributed by atoms with Gasteiger partial charge in [0.25, 0.3) is 0 Å². The standard InChI is InChI=1S/C16H26N4O2S/c1-12-9-13(6-7-22-12)19-16(18-11-15(21)20(2)3)17-10-14-5-4-8-23-14/h4-5,8,12-13H,6-7,9-11H2,1-3H3,(H2,17,18,19). The third-order valence-corrected chi connectivity index (χ3v) is 4.58. The molecule has 1 aromatic rings. The maximum atomic E-state index is 11.8. The summed E-state index contributed by atoms with van der Waals surface area (Å²) in [6.45, 7) is 3.69. The molecule has 2 rings (SSSR count). The molecule has 2 atom stereocenters. The van der Waals surface area contributed by atoms with E-state index in [-0.39, 0.29) is 18.6 Å². The van der Waals surface area contributed by atoms with Crippen LogP contribution >= 0.6 is 11.3 Å². The Balaban J connectivity index is 1.94. The number of nitrogens with one attached hydrogen (secondary N) is 2. The normalized spacial score (nSPS) is 21.8. The third kappa shape index (κ3) is 6.19. The predicted molar refractivity (Wildman–Crippen MR) is 93.7 cm³/mol. The van der Waals surface area contributed by atoms with E-state index >= 15 is 0 Å². The van der Waals surface area contributed by atoms with Crippen LogP contribution in [0.25, 0.3) is 0 Å². The van der Waals surface area contributed by atoms with Crippen LogP contribution in [-0.2, 0) is 16.1 Å². The zero-order chi connectivity index (χ0) is 16.7. The van der Waals surface area contributed by atoms with Crippen LogP contribution in [0.5, 0.6) is 0 Å². The first kappa shape index (κ1) is 17.7. The highest BCUT2D eigenvalue weighted by molar-refractivity contribution is 7.09. The highest BCUT2D eigenvalue weighted by Crippen LogP contribution is 2.13. The van der Waals surface area contributed by atoms with Crippen molar-refractivity contribution >= 4 is 23.2 Å². The smallest absolute Gasteiger partial charge is 0.243 e. The molecule has 128 valence electrons. The molecule has 2 N–H and O–H groups in total. The summed E-state index contributed by atoms with van der Waals surface area (Å²) in [4.78, 5) is 19.0. The molecule has 1 fully saturated rings. The molecule has 7 heteroatoms. The van der Waals surface area contributed by atoms with Gasteiger partial charge in [-0.25, -0.2) is 4.99 Å². The summed E-state index contributed by atoms with van der Waals surface area (Å²) in [5.74, 6) is 0.676. The molecule has 0 bridgehead atoms. The number of ether oxygens (including phenoxy) is 1. The maximum Gasteiger partial charge on any atom is 0.243 e.